The van der Waals surface area contributed by atoms with E-state index in [4.69, 9.17) is 0 Å². The average molecular weight is 297 g/mol. The lowest BCUT2D eigenvalue weighted by Crippen LogP contribution is -2.08. The molecule has 0 radical (unpaired) electrons. The van der Waals surface area contributed by atoms with E-state index in [1.54, 1.807) is 0 Å². The Labute approximate surface area is 136 Å². The van der Waals surface area contributed by atoms with Crippen molar-refractivity contribution in [2.24, 2.45) is 0 Å². The molecule has 0 heterocycles. The SMILES string of the molecule is CCCCCc1ccccc1.CNCCCc1ccccc1. The van der Waals surface area contributed by atoms with Crippen molar-refractivity contribution < 1.29 is 0 Å². The first kappa shape index (κ1) is 18.4. The Balaban J connectivity index is 0.000000220. The van der Waals surface area contributed by atoms with E-state index in [2.05, 4.69) is 72.9 Å². The van der Waals surface area contributed by atoms with Gasteiger partial charge in [0.15, 0.2) is 0 Å². The highest BCUT2D eigenvalue weighted by Gasteiger charge is 1.90. The fourth-order valence-electron chi connectivity index (χ4n) is 2.34. The molecule has 0 bridgehead atoms. The Morgan fingerprint density at radius 3 is 1.64 bits per heavy atom. The van der Waals surface area contributed by atoms with Crippen molar-refractivity contribution in [3.8, 4) is 0 Å². The first-order valence-electron chi connectivity index (χ1n) is 8.59. The second-order valence-corrected chi connectivity index (χ2v) is 5.64. The molecule has 0 aliphatic rings. The molecule has 0 fully saturated rings. The largest absolute Gasteiger partial charge is 0.320 e. The average Bonchev–Trinajstić information content (AvgIpc) is 2.58. The van der Waals surface area contributed by atoms with Crippen LogP contribution in [0.15, 0.2) is 60.7 Å². The topological polar surface area (TPSA) is 12.0 Å². The molecular formula is C21H31N. The lowest BCUT2D eigenvalue weighted by atomic mass is 10.1. The van der Waals surface area contributed by atoms with E-state index < -0.39 is 0 Å². The van der Waals surface area contributed by atoms with Gasteiger partial charge in [0.1, 0.15) is 0 Å². The minimum atomic E-state index is 1.11. The van der Waals surface area contributed by atoms with E-state index in [1.165, 1.54) is 49.7 Å². The quantitative estimate of drug-likeness (QED) is 0.655. The van der Waals surface area contributed by atoms with Gasteiger partial charge in [0.2, 0.25) is 0 Å². The molecule has 1 nitrogen and oxygen atoms in total. The smallest absolute Gasteiger partial charge is 0.00488 e. The number of benzene rings is 2. The normalized spacial score (nSPS) is 9.91. The van der Waals surface area contributed by atoms with Crippen LogP contribution >= 0.6 is 0 Å². The van der Waals surface area contributed by atoms with Crippen LogP contribution in [0.5, 0.6) is 0 Å². The maximum absolute atomic E-state index is 3.14. The molecule has 22 heavy (non-hydrogen) atoms. The molecule has 1 heteroatoms. The molecule has 0 aromatic heterocycles. The van der Waals surface area contributed by atoms with Gasteiger partial charge in [-0.05, 0) is 50.4 Å². The molecule has 0 spiro atoms. The van der Waals surface area contributed by atoms with Gasteiger partial charge in [-0.2, -0.15) is 0 Å². The second kappa shape index (κ2) is 13.1. The van der Waals surface area contributed by atoms with E-state index in [-0.39, 0.29) is 0 Å². The molecule has 1 N–H and O–H groups in total. The second-order valence-electron chi connectivity index (χ2n) is 5.64. The van der Waals surface area contributed by atoms with Crippen molar-refractivity contribution >= 4 is 0 Å². The van der Waals surface area contributed by atoms with Gasteiger partial charge in [-0.3, -0.25) is 0 Å². The van der Waals surface area contributed by atoms with Gasteiger partial charge in [-0.1, -0.05) is 80.4 Å². The molecule has 120 valence electrons. The van der Waals surface area contributed by atoms with Crippen LogP contribution in [0.2, 0.25) is 0 Å². The van der Waals surface area contributed by atoms with Crippen molar-refractivity contribution in [1.29, 1.82) is 0 Å². The van der Waals surface area contributed by atoms with E-state index in [9.17, 15) is 0 Å². The number of nitrogens with one attached hydrogen (secondary N) is 1. The summed E-state index contributed by atoms with van der Waals surface area (Å²) in [4.78, 5) is 0. The van der Waals surface area contributed by atoms with Crippen LogP contribution in [0.25, 0.3) is 0 Å². The van der Waals surface area contributed by atoms with Gasteiger partial charge >= 0.3 is 0 Å². The summed E-state index contributed by atoms with van der Waals surface area (Å²) in [7, 11) is 1.99. The van der Waals surface area contributed by atoms with Gasteiger partial charge in [0.05, 0.1) is 0 Å². The van der Waals surface area contributed by atoms with Crippen molar-refractivity contribution in [3.05, 3.63) is 71.8 Å². The zero-order valence-corrected chi connectivity index (χ0v) is 14.2. The monoisotopic (exact) mass is 297 g/mol. The van der Waals surface area contributed by atoms with Crippen LogP contribution in [0, 0.1) is 0 Å². The number of hydrogen-bond donors (Lipinski definition) is 1. The van der Waals surface area contributed by atoms with Crippen LogP contribution < -0.4 is 5.32 Å². The summed E-state index contributed by atoms with van der Waals surface area (Å²) in [5.41, 5.74) is 2.91. The minimum absolute atomic E-state index is 1.11. The van der Waals surface area contributed by atoms with Crippen LogP contribution in [0.1, 0.15) is 43.7 Å². The van der Waals surface area contributed by atoms with Crippen LogP contribution in [0.4, 0.5) is 0 Å². The Morgan fingerprint density at radius 1 is 0.682 bits per heavy atom. The van der Waals surface area contributed by atoms with Crippen molar-refractivity contribution in [1.82, 2.24) is 5.32 Å². The van der Waals surface area contributed by atoms with Gasteiger partial charge in [-0.25, -0.2) is 0 Å². The summed E-state index contributed by atoms with van der Waals surface area (Å²) < 4.78 is 0. The highest BCUT2D eigenvalue weighted by Crippen LogP contribution is 2.05. The first-order chi connectivity index (χ1) is 10.9. The van der Waals surface area contributed by atoms with Crippen molar-refractivity contribution in [2.75, 3.05) is 13.6 Å². The van der Waals surface area contributed by atoms with E-state index >= 15 is 0 Å². The Kier molecular flexibility index (Phi) is 11.0. The van der Waals surface area contributed by atoms with Gasteiger partial charge in [-0.15, -0.1) is 0 Å². The summed E-state index contributed by atoms with van der Waals surface area (Å²) in [6.07, 6.45) is 7.65. The van der Waals surface area contributed by atoms with Crippen LogP contribution in [-0.2, 0) is 12.8 Å². The van der Waals surface area contributed by atoms with Crippen LogP contribution in [-0.4, -0.2) is 13.6 Å². The third kappa shape index (κ3) is 9.36. The van der Waals surface area contributed by atoms with Gasteiger partial charge < -0.3 is 5.32 Å². The lowest BCUT2D eigenvalue weighted by molar-refractivity contribution is 0.717. The summed E-state index contributed by atoms with van der Waals surface area (Å²) in [5.74, 6) is 0. The Hall–Kier alpha value is -1.60. The summed E-state index contributed by atoms with van der Waals surface area (Å²) in [6, 6.07) is 21.3. The number of hydrogen-bond acceptors (Lipinski definition) is 1. The molecule has 0 aliphatic heterocycles. The Morgan fingerprint density at radius 2 is 1.18 bits per heavy atom. The highest BCUT2D eigenvalue weighted by atomic mass is 14.8. The lowest BCUT2D eigenvalue weighted by Gasteiger charge is -1.99. The summed E-state index contributed by atoms with van der Waals surface area (Å²) in [6.45, 7) is 3.35. The van der Waals surface area contributed by atoms with Gasteiger partial charge in [0, 0.05) is 0 Å². The molecule has 0 aliphatic carbocycles. The summed E-state index contributed by atoms with van der Waals surface area (Å²) in [5, 5.41) is 3.14. The molecule has 0 saturated carbocycles. The highest BCUT2D eigenvalue weighted by molar-refractivity contribution is 5.15. The first-order valence-corrected chi connectivity index (χ1v) is 8.59. The zero-order valence-electron chi connectivity index (χ0n) is 14.2. The number of aryl methyl sites for hydroxylation is 2. The maximum Gasteiger partial charge on any atom is -0.00488 e. The number of rotatable bonds is 8. The fraction of sp³-hybridized carbons (Fsp3) is 0.429. The van der Waals surface area contributed by atoms with E-state index in [1.807, 2.05) is 7.05 Å². The Bertz CT molecular complexity index is 404. The predicted molar refractivity (Wildman–Crippen MR) is 98.4 cm³/mol. The fourth-order valence-corrected chi connectivity index (χ4v) is 2.34. The molecule has 2 aromatic rings. The molecule has 0 amide bonds. The predicted octanol–water partition coefficient (Wildman–Crippen LogP) is 5.26. The summed E-state index contributed by atoms with van der Waals surface area (Å²) >= 11 is 0. The molecule has 2 rings (SSSR count). The third-order valence-corrected chi connectivity index (χ3v) is 3.65. The van der Waals surface area contributed by atoms with Gasteiger partial charge in [0.25, 0.3) is 0 Å². The number of unbranched alkanes of at least 4 members (excludes halogenated alkanes) is 2. The zero-order chi connectivity index (χ0) is 15.9. The molecule has 0 atom stereocenters. The maximum atomic E-state index is 3.14. The molecule has 0 unspecified atom stereocenters. The molecular weight excluding hydrogens is 266 g/mol. The standard InChI is InChI=1S/C11H16.C10H15N/c1-2-3-5-8-11-9-6-4-7-10-11;1-11-9-5-8-10-6-3-2-4-7-10/h4,6-7,9-10H,2-3,5,8H2,1H3;2-4,6-7,11H,5,8-9H2,1H3. The molecule has 0 saturated heterocycles. The van der Waals surface area contributed by atoms with Crippen molar-refractivity contribution in [2.45, 2.75) is 45.4 Å². The third-order valence-electron chi connectivity index (χ3n) is 3.65. The van der Waals surface area contributed by atoms with Crippen molar-refractivity contribution in [3.63, 3.8) is 0 Å². The van der Waals surface area contributed by atoms with E-state index in [0.29, 0.717) is 0 Å². The van der Waals surface area contributed by atoms with E-state index in [0.717, 1.165) is 6.54 Å². The van der Waals surface area contributed by atoms with Crippen LogP contribution in [0.3, 0.4) is 0 Å². The molecule has 2 aromatic carbocycles. The minimum Gasteiger partial charge on any atom is -0.320 e.